The number of carboxylic acids is 1. The lowest BCUT2D eigenvalue weighted by Gasteiger charge is -2.23. The summed E-state index contributed by atoms with van der Waals surface area (Å²) in [6, 6.07) is 15.0. The van der Waals surface area contributed by atoms with Gasteiger partial charge in [-0.25, -0.2) is 4.79 Å². The van der Waals surface area contributed by atoms with E-state index in [0.29, 0.717) is 18.8 Å². The number of aromatic nitrogens is 2. The van der Waals surface area contributed by atoms with Crippen LogP contribution in [0.2, 0.25) is 0 Å². The van der Waals surface area contributed by atoms with Gasteiger partial charge >= 0.3 is 5.97 Å². The molecule has 1 aliphatic rings. The third-order valence-corrected chi connectivity index (χ3v) is 4.84. The molecule has 26 heavy (non-hydrogen) atoms. The van der Waals surface area contributed by atoms with Gasteiger partial charge in [0.25, 0.3) is 0 Å². The van der Waals surface area contributed by atoms with E-state index in [1.165, 1.54) is 0 Å². The highest BCUT2D eigenvalue weighted by Crippen LogP contribution is 2.34. The predicted octanol–water partition coefficient (Wildman–Crippen LogP) is 3.36. The molecule has 2 heterocycles. The van der Waals surface area contributed by atoms with Gasteiger partial charge in [-0.15, -0.1) is 10.2 Å². The second-order valence-electron chi connectivity index (χ2n) is 6.34. The number of anilines is 1. The van der Waals surface area contributed by atoms with Gasteiger partial charge in [0.05, 0.1) is 7.11 Å². The standard InChI is InChI=1S/C20H19N3O3/c1-26-14-10-8-13(9-11-14)18-15-5-2-3-6-16(15)19(22-21-18)23-12-4-7-17(23)20(24)25/h2-3,5-6,8-11,17H,4,7,12H2,1H3,(H,24,25)/t17-/m0/s1. The van der Waals surface area contributed by atoms with Gasteiger partial charge in [0.15, 0.2) is 5.82 Å². The molecule has 0 amide bonds. The van der Waals surface area contributed by atoms with Crippen molar-refractivity contribution in [3.05, 3.63) is 48.5 Å². The number of ether oxygens (including phenoxy) is 1. The third-order valence-electron chi connectivity index (χ3n) is 4.84. The average molecular weight is 349 g/mol. The van der Waals surface area contributed by atoms with Crippen LogP contribution < -0.4 is 9.64 Å². The minimum atomic E-state index is -0.812. The highest BCUT2D eigenvalue weighted by Gasteiger charge is 2.32. The largest absolute Gasteiger partial charge is 0.497 e. The minimum absolute atomic E-state index is 0.542. The van der Waals surface area contributed by atoms with Crippen LogP contribution in [-0.2, 0) is 4.79 Å². The van der Waals surface area contributed by atoms with E-state index < -0.39 is 12.0 Å². The zero-order valence-corrected chi connectivity index (χ0v) is 14.4. The van der Waals surface area contributed by atoms with E-state index >= 15 is 0 Å². The van der Waals surface area contributed by atoms with Crippen molar-refractivity contribution in [3.8, 4) is 17.0 Å². The molecule has 0 radical (unpaired) electrons. The number of hydrogen-bond acceptors (Lipinski definition) is 5. The predicted molar refractivity (Wildman–Crippen MR) is 99.5 cm³/mol. The monoisotopic (exact) mass is 349 g/mol. The SMILES string of the molecule is COc1ccc(-c2nnc(N3CCC[C@H]3C(=O)O)c3ccccc23)cc1. The summed E-state index contributed by atoms with van der Waals surface area (Å²) in [5.74, 6) is 0.611. The van der Waals surface area contributed by atoms with E-state index in [9.17, 15) is 9.90 Å². The van der Waals surface area contributed by atoms with E-state index in [4.69, 9.17) is 4.74 Å². The molecular formula is C20H19N3O3. The molecule has 0 spiro atoms. The van der Waals surface area contributed by atoms with Crippen molar-refractivity contribution < 1.29 is 14.6 Å². The van der Waals surface area contributed by atoms with Crippen LogP contribution in [0.3, 0.4) is 0 Å². The van der Waals surface area contributed by atoms with Crippen LogP contribution in [0.25, 0.3) is 22.0 Å². The quantitative estimate of drug-likeness (QED) is 0.778. The van der Waals surface area contributed by atoms with Crippen LogP contribution in [0.1, 0.15) is 12.8 Å². The van der Waals surface area contributed by atoms with Gasteiger partial charge in [-0.3, -0.25) is 0 Å². The Labute approximate surface area is 151 Å². The molecule has 6 nitrogen and oxygen atoms in total. The maximum Gasteiger partial charge on any atom is 0.326 e. The van der Waals surface area contributed by atoms with Gasteiger partial charge in [-0.05, 0) is 37.1 Å². The van der Waals surface area contributed by atoms with Crippen molar-refractivity contribution in [3.63, 3.8) is 0 Å². The minimum Gasteiger partial charge on any atom is -0.497 e. The molecular weight excluding hydrogens is 330 g/mol. The van der Waals surface area contributed by atoms with Gasteiger partial charge in [-0.2, -0.15) is 0 Å². The fourth-order valence-electron chi connectivity index (χ4n) is 3.54. The Morgan fingerprint density at radius 2 is 1.85 bits per heavy atom. The second kappa shape index (κ2) is 6.63. The second-order valence-corrected chi connectivity index (χ2v) is 6.34. The van der Waals surface area contributed by atoms with E-state index in [-0.39, 0.29) is 0 Å². The summed E-state index contributed by atoms with van der Waals surface area (Å²) >= 11 is 0. The van der Waals surface area contributed by atoms with E-state index in [2.05, 4.69) is 10.2 Å². The van der Waals surface area contributed by atoms with Gasteiger partial charge in [0, 0.05) is 22.9 Å². The van der Waals surface area contributed by atoms with Gasteiger partial charge < -0.3 is 14.7 Å². The first-order chi connectivity index (χ1) is 12.7. The van der Waals surface area contributed by atoms with Crippen molar-refractivity contribution in [2.45, 2.75) is 18.9 Å². The maximum atomic E-state index is 11.6. The molecule has 0 saturated carbocycles. The molecule has 1 saturated heterocycles. The summed E-state index contributed by atoms with van der Waals surface area (Å²) in [5.41, 5.74) is 1.72. The molecule has 2 aromatic carbocycles. The third kappa shape index (κ3) is 2.73. The first-order valence-electron chi connectivity index (χ1n) is 8.58. The van der Waals surface area contributed by atoms with Crippen molar-refractivity contribution in [2.75, 3.05) is 18.6 Å². The number of hydrogen-bond donors (Lipinski definition) is 1. The number of fused-ring (bicyclic) bond motifs is 1. The Morgan fingerprint density at radius 3 is 2.54 bits per heavy atom. The summed E-state index contributed by atoms with van der Waals surface area (Å²) in [6.07, 6.45) is 1.47. The lowest BCUT2D eigenvalue weighted by Crippen LogP contribution is -2.36. The number of carboxylic acid groups (broad SMARTS) is 1. The number of rotatable bonds is 4. The highest BCUT2D eigenvalue weighted by molar-refractivity contribution is 6.01. The zero-order valence-electron chi connectivity index (χ0n) is 14.4. The summed E-state index contributed by atoms with van der Waals surface area (Å²) in [4.78, 5) is 13.4. The molecule has 1 fully saturated rings. The van der Waals surface area contributed by atoms with Gasteiger partial charge in [0.2, 0.25) is 0 Å². The molecule has 1 N–H and O–H groups in total. The van der Waals surface area contributed by atoms with E-state index in [1.807, 2.05) is 53.4 Å². The van der Waals surface area contributed by atoms with Gasteiger partial charge in [0.1, 0.15) is 17.5 Å². The molecule has 4 rings (SSSR count). The van der Waals surface area contributed by atoms with E-state index in [1.54, 1.807) is 7.11 Å². The Bertz CT molecular complexity index is 956. The number of benzene rings is 2. The zero-order chi connectivity index (χ0) is 18.1. The van der Waals surface area contributed by atoms with Crippen molar-refractivity contribution in [1.29, 1.82) is 0 Å². The Morgan fingerprint density at radius 1 is 1.12 bits per heavy atom. The number of aliphatic carboxylic acids is 1. The van der Waals surface area contributed by atoms with Crippen LogP contribution >= 0.6 is 0 Å². The van der Waals surface area contributed by atoms with Crippen LogP contribution in [-0.4, -0.2) is 41.0 Å². The molecule has 132 valence electrons. The van der Waals surface area contributed by atoms with E-state index in [0.717, 1.165) is 34.2 Å². The molecule has 1 aliphatic heterocycles. The van der Waals surface area contributed by atoms with Crippen LogP contribution in [0, 0.1) is 0 Å². The fraction of sp³-hybridized carbons (Fsp3) is 0.250. The lowest BCUT2D eigenvalue weighted by atomic mass is 10.0. The molecule has 0 aliphatic carbocycles. The number of carbonyl (C=O) groups is 1. The van der Waals surface area contributed by atoms with Crippen LogP contribution in [0.15, 0.2) is 48.5 Å². The molecule has 3 aromatic rings. The molecule has 6 heteroatoms. The summed E-state index contributed by atoms with van der Waals surface area (Å²) in [6.45, 7) is 0.678. The number of methoxy groups -OCH3 is 1. The first kappa shape index (κ1) is 16.3. The molecule has 0 unspecified atom stereocenters. The summed E-state index contributed by atoms with van der Waals surface area (Å²) < 4.78 is 5.22. The average Bonchev–Trinajstić information content (AvgIpc) is 3.17. The van der Waals surface area contributed by atoms with Crippen molar-refractivity contribution in [1.82, 2.24) is 10.2 Å². The first-order valence-corrected chi connectivity index (χ1v) is 8.58. The normalized spacial score (nSPS) is 16.8. The van der Waals surface area contributed by atoms with Gasteiger partial charge in [-0.1, -0.05) is 24.3 Å². The van der Waals surface area contributed by atoms with Crippen molar-refractivity contribution >= 4 is 22.6 Å². The summed E-state index contributed by atoms with van der Waals surface area (Å²) in [7, 11) is 1.63. The number of nitrogens with zero attached hydrogens (tertiary/aromatic N) is 3. The van der Waals surface area contributed by atoms with Crippen molar-refractivity contribution in [2.24, 2.45) is 0 Å². The fourth-order valence-corrected chi connectivity index (χ4v) is 3.54. The topological polar surface area (TPSA) is 75.6 Å². The molecule has 1 atom stereocenters. The molecule has 0 bridgehead atoms. The molecule has 1 aromatic heterocycles. The Kier molecular flexibility index (Phi) is 4.16. The summed E-state index contributed by atoms with van der Waals surface area (Å²) in [5, 5.41) is 20.2. The highest BCUT2D eigenvalue weighted by atomic mass is 16.5. The maximum absolute atomic E-state index is 11.6. The smallest absolute Gasteiger partial charge is 0.326 e. The Balaban J connectivity index is 1.84. The van der Waals surface area contributed by atoms with Crippen LogP contribution in [0.5, 0.6) is 5.75 Å². The lowest BCUT2D eigenvalue weighted by molar-refractivity contribution is -0.138. The van der Waals surface area contributed by atoms with Crippen LogP contribution in [0.4, 0.5) is 5.82 Å². The Hall–Kier alpha value is -3.15.